The Balaban J connectivity index is 1.35. The summed E-state index contributed by atoms with van der Waals surface area (Å²) in [5.74, 6) is 0.255. The first-order chi connectivity index (χ1) is 19.6. The van der Waals surface area contributed by atoms with Gasteiger partial charge in [0.25, 0.3) is 11.9 Å². The lowest BCUT2D eigenvalue weighted by molar-refractivity contribution is 0.0240. The molecular weight excluding hydrogens is 526 g/mol. The van der Waals surface area contributed by atoms with Crippen molar-refractivity contribution < 1.29 is 14.3 Å². The van der Waals surface area contributed by atoms with E-state index in [1.807, 2.05) is 37.5 Å². The number of anilines is 3. The lowest BCUT2D eigenvalue weighted by Crippen LogP contribution is -2.50. The molecule has 4 heterocycles. The van der Waals surface area contributed by atoms with E-state index in [2.05, 4.69) is 20.2 Å². The molecule has 3 aromatic heterocycles. The second kappa shape index (κ2) is 11.3. The summed E-state index contributed by atoms with van der Waals surface area (Å²) in [5.41, 5.74) is 1.48. The molecule has 3 aromatic rings. The fourth-order valence-corrected chi connectivity index (χ4v) is 5.37. The van der Waals surface area contributed by atoms with Crippen molar-refractivity contribution in [3.05, 3.63) is 41.2 Å². The lowest BCUT2D eigenvalue weighted by Gasteiger charge is -2.36. The van der Waals surface area contributed by atoms with Crippen molar-refractivity contribution in [1.82, 2.24) is 29.3 Å². The molecule has 2 aliphatic rings. The minimum Gasteiger partial charge on any atom is -0.444 e. The van der Waals surface area contributed by atoms with Crippen LogP contribution >= 0.6 is 0 Å². The fraction of sp³-hybridized carbons (Fsp3) is 0.536. The average molecular weight is 564 g/mol. The number of carbonyl (C=O) groups is 2. The molecule has 0 unspecified atom stereocenters. The summed E-state index contributed by atoms with van der Waals surface area (Å²) < 4.78 is 7.47. The van der Waals surface area contributed by atoms with Crippen LogP contribution in [0.5, 0.6) is 0 Å². The van der Waals surface area contributed by atoms with E-state index in [9.17, 15) is 14.5 Å². The molecule has 0 N–H and O–H groups in total. The zero-order chi connectivity index (χ0) is 29.3. The molecule has 0 radical (unpaired) electrons. The van der Waals surface area contributed by atoms with Gasteiger partial charge in [-0.3, -0.25) is 4.79 Å². The predicted octanol–water partition coefficient (Wildman–Crippen LogP) is 4.52. The van der Waals surface area contributed by atoms with Crippen LogP contribution in [-0.2, 0) is 4.74 Å². The van der Waals surface area contributed by atoms with Crippen molar-refractivity contribution in [1.29, 1.82) is 0 Å². The molecule has 5 rings (SSSR count). The molecule has 1 saturated heterocycles. The average Bonchev–Trinajstić information content (AvgIpc) is 3.60. The normalized spacial score (nSPS) is 16.2. The second-order valence-corrected chi connectivity index (χ2v) is 11.7. The standard InChI is InChI=1S/C28H37N9O4/c1-28(2,3)41-27(39)35-14-12-34(13-15-35)21-10-11-23(29-18-21)37(32-40)26-30-17-19-16-22(25(38)33(4)5)36(24(19)31-26)20-8-6-7-9-20/h10-11,16-18,20H,6-9,12-15H2,1-5H3. The topological polar surface area (TPSA) is 129 Å². The van der Waals surface area contributed by atoms with E-state index in [0.29, 0.717) is 37.5 Å². The molecule has 1 aliphatic heterocycles. The Bertz CT molecular complexity index is 1420. The van der Waals surface area contributed by atoms with E-state index in [-0.39, 0.29) is 29.8 Å². The summed E-state index contributed by atoms with van der Waals surface area (Å²) in [7, 11) is 3.45. The molecular formula is C28H37N9O4. The summed E-state index contributed by atoms with van der Waals surface area (Å²) in [4.78, 5) is 56.3. The number of nitrogens with zero attached hydrogens (tertiary/aromatic N) is 9. The Morgan fingerprint density at radius 1 is 1.02 bits per heavy atom. The van der Waals surface area contributed by atoms with Crippen LogP contribution < -0.4 is 9.91 Å². The number of rotatable bonds is 6. The molecule has 218 valence electrons. The molecule has 41 heavy (non-hydrogen) atoms. The summed E-state index contributed by atoms with van der Waals surface area (Å²) in [6.45, 7) is 7.88. The maximum atomic E-state index is 13.0. The van der Waals surface area contributed by atoms with Gasteiger partial charge in [0, 0.05) is 57.9 Å². The number of pyridine rings is 1. The zero-order valence-corrected chi connectivity index (χ0v) is 24.3. The van der Waals surface area contributed by atoms with E-state index >= 15 is 0 Å². The first-order valence-corrected chi connectivity index (χ1v) is 14.0. The van der Waals surface area contributed by atoms with Crippen molar-refractivity contribution in [2.75, 3.05) is 50.2 Å². The number of amides is 2. The Labute approximate surface area is 239 Å². The number of ether oxygens (including phenoxy) is 1. The first kappa shape index (κ1) is 28.2. The molecule has 0 atom stereocenters. The van der Waals surface area contributed by atoms with E-state index in [4.69, 9.17) is 9.72 Å². The Hall–Kier alpha value is -4.29. The minimum atomic E-state index is -0.535. The summed E-state index contributed by atoms with van der Waals surface area (Å²) in [6, 6.07) is 5.52. The molecule has 2 amide bonds. The number of carbonyl (C=O) groups excluding carboxylic acids is 2. The number of fused-ring (bicyclic) bond motifs is 1. The van der Waals surface area contributed by atoms with Crippen molar-refractivity contribution in [3.63, 3.8) is 0 Å². The van der Waals surface area contributed by atoms with Gasteiger partial charge in [-0.15, -0.1) is 9.92 Å². The number of piperazine rings is 1. The van der Waals surface area contributed by atoms with Crippen LogP contribution in [-0.4, -0.2) is 87.2 Å². The molecule has 1 aliphatic carbocycles. The minimum absolute atomic E-state index is 0.0833. The molecule has 13 nitrogen and oxygen atoms in total. The van der Waals surface area contributed by atoms with Crippen molar-refractivity contribution in [2.45, 2.75) is 58.1 Å². The number of nitroso groups, excluding NO2 is 1. The second-order valence-electron chi connectivity index (χ2n) is 11.7. The first-order valence-electron chi connectivity index (χ1n) is 14.0. The van der Waals surface area contributed by atoms with Gasteiger partial charge in [-0.2, -0.15) is 4.98 Å². The van der Waals surface area contributed by atoms with E-state index in [1.54, 1.807) is 42.4 Å². The number of hydrogen-bond acceptors (Lipinski definition) is 9. The highest BCUT2D eigenvalue weighted by Gasteiger charge is 2.28. The zero-order valence-electron chi connectivity index (χ0n) is 24.3. The quantitative estimate of drug-likeness (QED) is 0.314. The number of aromatic nitrogens is 4. The smallest absolute Gasteiger partial charge is 0.410 e. The van der Waals surface area contributed by atoms with Gasteiger partial charge >= 0.3 is 6.09 Å². The predicted molar refractivity (Wildman–Crippen MR) is 155 cm³/mol. The lowest BCUT2D eigenvalue weighted by atomic mass is 10.2. The highest BCUT2D eigenvalue weighted by Crippen LogP contribution is 2.35. The monoisotopic (exact) mass is 563 g/mol. The van der Waals surface area contributed by atoms with E-state index in [1.165, 1.54) is 0 Å². The van der Waals surface area contributed by atoms with Gasteiger partial charge in [0.05, 0.1) is 17.2 Å². The van der Waals surface area contributed by atoms with Crippen LogP contribution in [0.3, 0.4) is 0 Å². The van der Waals surface area contributed by atoms with Crippen LogP contribution in [0.1, 0.15) is 63.0 Å². The Morgan fingerprint density at radius 3 is 2.32 bits per heavy atom. The van der Waals surface area contributed by atoms with Gasteiger partial charge in [0.1, 0.15) is 16.9 Å². The van der Waals surface area contributed by atoms with Crippen molar-refractivity contribution in [2.24, 2.45) is 5.29 Å². The highest BCUT2D eigenvalue weighted by atomic mass is 16.6. The van der Waals surface area contributed by atoms with Gasteiger partial charge in [-0.25, -0.2) is 14.8 Å². The van der Waals surface area contributed by atoms with Crippen LogP contribution in [0.25, 0.3) is 11.0 Å². The summed E-state index contributed by atoms with van der Waals surface area (Å²) in [6.07, 6.45) is 7.07. The molecule has 0 spiro atoms. The summed E-state index contributed by atoms with van der Waals surface area (Å²) >= 11 is 0. The fourth-order valence-electron chi connectivity index (χ4n) is 5.37. The molecule has 1 saturated carbocycles. The van der Waals surface area contributed by atoms with Gasteiger partial charge in [0.2, 0.25) is 0 Å². The largest absolute Gasteiger partial charge is 0.444 e. The summed E-state index contributed by atoms with van der Waals surface area (Å²) in [5, 5.41) is 4.96. The third-order valence-corrected chi connectivity index (χ3v) is 7.40. The third kappa shape index (κ3) is 5.93. The van der Waals surface area contributed by atoms with Crippen molar-refractivity contribution in [3.8, 4) is 0 Å². The third-order valence-electron chi connectivity index (χ3n) is 7.40. The SMILES string of the molecule is CN(C)C(=O)c1cc2cnc(N(N=O)c3ccc(N4CCN(C(=O)OC(C)(C)C)CC4)cn3)nc2n1C1CCCC1. The van der Waals surface area contributed by atoms with Crippen molar-refractivity contribution >= 4 is 40.5 Å². The van der Waals surface area contributed by atoms with E-state index in [0.717, 1.165) is 41.8 Å². The maximum absolute atomic E-state index is 13.0. The molecule has 0 bridgehead atoms. The van der Waals surface area contributed by atoms with Crippen LogP contribution in [0.4, 0.5) is 22.2 Å². The molecule has 2 fully saturated rings. The van der Waals surface area contributed by atoms with Crippen LogP contribution in [0, 0.1) is 4.91 Å². The van der Waals surface area contributed by atoms with E-state index < -0.39 is 5.60 Å². The molecule has 0 aromatic carbocycles. The van der Waals surface area contributed by atoms with Gasteiger partial charge < -0.3 is 24.0 Å². The van der Waals surface area contributed by atoms with Gasteiger partial charge in [-0.1, -0.05) is 12.8 Å². The Morgan fingerprint density at radius 2 is 1.73 bits per heavy atom. The highest BCUT2D eigenvalue weighted by molar-refractivity contribution is 5.98. The van der Waals surface area contributed by atoms with Gasteiger partial charge in [0.15, 0.2) is 5.82 Å². The number of hydrogen-bond donors (Lipinski definition) is 0. The van der Waals surface area contributed by atoms with Crippen LogP contribution in [0.15, 0.2) is 35.9 Å². The Kier molecular flexibility index (Phi) is 7.78. The van der Waals surface area contributed by atoms with Crippen LogP contribution in [0.2, 0.25) is 0 Å². The van der Waals surface area contributed by atoms with Gasteiger partial charge in [-0.05, 0) is 51.8 Å². The molecule has 13 heteroatoms. The maximum Gasteiger partial charge on any atom is 0.410 e.